The Morgan fingerprint density at radius 2 is 1.50 bits per heavy atom. The number of likely N-dealkylation sites (N-methyl/N-ethyl adjacent to an activating group) is 1. The van der Waals surface area contributed by atoms with Crippen LogP contribution in [-0.2, 0) is 0 Å². The Balaban J connectivity index is 0.00000441. The van der Waals surface area contributed by atoms with Gasteiger partial charge >= 0.3 is 0 Å². The van der Waals surface area contributed by atoms with Crippen molar-refractivity contribution >= 4 is 24.2 Å². The highest BCUT2D eigenvalue weighted by Crippen LogP contribution is 2.08. The number of carbonyl (C=O) groups is 2. The molecule has 0 saturated carbocycles. The number of hydrogen-bond donors (Lipinski definition) is 2. The average molecular weight is 328 g/mol. The Morgan fingerprint density at radius 1 is 0.955 bits per heavy atom. The highest BCUT2D eigenvalue weighted by Gasteiger charge is 2.13. The van der Waals surface area contributed by atoms with Gasteiger partial charge in [0.15, 0.2) is 0 Å². The third-order valence-electron chi connectivity index (χ3n) is 3.28. The molecule has 1 aromatic carbocycles. The van der Waals surface area contributed by atoms with E-state index in [9.17, 15) is 9.59 Å². The van der Waals surface area contributed by atoms with Gasteiger partial charge in [0.1, 0.15) is 0 Å². The molecule has 6 heteroatoms. The average Bonchev–Trinajstić information content (AvgIpc) is 2.52. The van der Waals surface area contributed by atoms with Crippen LogP contribution in [0, 0.1) is 0 Å². The second-order valence-corrected chi connectivity index (χ2v) is 4.66. The third-order valence-corrected chi connectivity index (χ3v) is 3.28. The molecule has 5 nitrogen and oxygen atoms in total. The monoisotopic (exact) mass is 327 g/mol. The first-order valence-electron chi connectivity index (χ1n) is 7.52. The lowest BCUT2D eigenvalue weighted by molar-refractivity contribution is 0.0772. The van der Waals surface area contributed by atoms with E-state index in [2.05, 4.69) is 10.6 Å². The topological polar surface area (TPSA) is 61.4 Å². The molecule has 1 rings (SSSR count). The zero-order chi connectivity index (χ0) is 15.7. The summed E-state index contributed by atoms with van der Waals surface area (Å²) in [5.41, 5.74) is 1.19. The molecule has 0 spiro atoms. The smallest absolute Gasteiger partial charge is 0.253 e. The highest BCUT2D eigenvalue weighted by atomic mass is 35.5. The molecule has 22 heavy (non-hydrogen) atoms. The molecule has 0 atom stereocenters. The summed E-state index contributed by atoms with van der Waals surface area (Å²) in [6.07, 6.45) is 0. The van der Waals surface area contributed by atoms with Crippen LogP contribution in [0.4, 0.5) is 0 Å². The van der Waals surface area contributed by atoms with E-state index in [1.165, 1.54) is 0 Å². The Hall–Kier alpha value is -1.59. The summed E-state index contributed by atoms with van der Waals surface area (Å²) >= 11 is 0. The fourth-order valence-electron chi connectivity index (χ4n) is 2.00. The number of hydrogen-bond acceptors (Lipinski definition) is 3. The van der Waals surface area contributed by atoms with Crippen molar-refractivity contribution in [3.63, 3.8) is 0 Å². The molecule has 124 valence electrons. The molecule has 0 aliphatic heterocycles. The molecular formula is C16H26ClN3O2. The van der Waals surface area contributed by atoms with Gasteiger partial charge in [0.2, 0.25) is 0 Å². The number of benzene rings is 1. The summed E-state index contributed by atoms with van der Waals surface area (Å²) < 4.78 is 0. The van der Waals surface area contributed by atoms with Gasteiger partial charge < -0.3 is 15.5 Å². The van der Waals surface area contributed by atoms with Gasteiger partial charge in [-0.25, -0.2) is 0 Å². The summed E-state index contributed by atoms with van der Waals surface area (Å²) in [6, 6.07) is 6.80. The molecule has 0 heterocycles. The number of nitrogens with one attached hydrogen (secondary N) is 2. The van der Waals surface area contributed by atoms with Crippen LogP contribution in [0.1, 0.15) is 41.5 Å². The molecule has 0 saturated heterocycles. The maximum absolute atomic E-state index is 12.1. The largest absolute Gasteiger partial charge is 0.351 e. The van der Waals surface area contributed by atoms with Crippen LogP contribution >= 0.6 is 12.4 Å². The number of amides is 2. The molecule has 2 N–H and O–H groups in total. The lowest BCUT2D eigenvalue weighted by Gasteiger charge is -2.18. The van der Waals surface area contributed by atoms with Crippen LogP contribution in [0.5, 0.6) is 0 Å². The van der Waals surface area contributed by atoms with Gasteiger partial charge in [-0.3, -0.25) is 9.59 Å². The van der Waals surface area contributed by atoms with Crippen molar-refractivity contribution in [3.05, 3.63) is 35.4 Å². The zero-order valence-electron chi connectivity index (χ0n) is 13.5. The van der Waals surface area contributed by atoms with Gasteiger partial charge in [-0.1, -0.05) is 6.92 Å². The predicted molar refractivity (Wildman–Crippen MR) is 91.8 cm³/mol. The van der Waals surface area contributed by atoms with Crippen LogP contribution in [0.2, 0.25) is 0 Å². The molecular weight excluding hydrogens is 302 g/mol. The SMILES string of the molecule is CCNCCNC(=O)c1ccc(C(=O)N(CC)CC)cc1.Cl. The van der Waals surface area contributed by atoms with Gasteiger partial charge in [0.05, 0.1) is 0 Å². The first-order chi connectivity index (χ1) is 10.1. The van der Waals surface area contributed by atoms with Crippen molar-refractivity contribution < 1.29 is 9.59 Å². The Morgan fingerprint density at radius 3 is 2.00 bits per heavy atom. The molecule has 0 bridgehead atoms. The Labute approximate surface area is 138 Å². The molecule has 0 unspecified atom stereocenters. The second-order valence-electron chi connectivity index (χ2n) is 4.66. The van der Waals surface area contributed by atoms with Gasteiger partial charge in [0, 0.05) is 37.3 Å². The van der Waals surface area contributed by atoms with E-state index in [1.54, 1.807) is 29.2 Å². The number of carbonyl (C=O) groups excluding carboxylic acids is 2. The molecule has 0 fully saturated rings. The minimum Gasteiger partial charge on any atom is -0.351 e. The van der Waals surface area contributed by atoms with Crippen molar-refractivity contribution in [2.75, 3.05) is 32.7 Å². The zero-order valence-corrected chi connectivity index (χ0v) is 14.3. The predicted octanol–water partition coefficient (Wildman–Crippen LogP) is 1.93. The van der Waals surface area contributed by atoms with Crippen molar-refractivity contribution in [2.24, 2.45) is 0 Å². The summed E-state index contributed by atoms with van der Waals surface area (Å²) in [6.45, 7) is 9.52. The fraction of sp³-hybridized carbons (Fsp3) is 0.500. The van der Waals surface area contributed by atoms with E-state index in [-0.39, 0.29) is 24.2 Å². The molecule has 0 aliphatic rings. The minimum absolute atomic E-state index is 0. The maximum Gasteiger partial charge on any atom is 0.253 e. The first kappa shape index (κ1) is 20.4. The van der Waals surface area contributed by atoms with Crippen molar-refractivity contribution in [1.29, 1.82) is 0 Å². The fourth-order valence-corrected chi connectivity index (χ4v) is 2.00. The van der Waals surface area contributed by atoms with Crippen LogP contribution in [0.3, 0.4) is 0 Å². The van der Waals surface area contributed by atoms with Gasteiger partial charge in [-0.05, 0) is 44.7 Å². The molecule has 2 amide bonds. The molecule has 0 radical (unpaired) electrons. The second kappa shape index (κ2) is 11.0. The van der Waals surface area contributed by atoms with E-state index in [0.717, 1.165) is 13.1 Å². The standard InChI is InChI=1S/C16H25N3O2.ClH/c1-4-17-11-12-18-15(20)13-7-9-14(10-8-13)16(21)19(5-2)6-3;/h7-10,17H,4-6,11-12H2,1-3H3,(H,18,20);1H. The first-order valence-corrected chi connectivity index (χ1v) is 7.52. The quantitative estimate of drug-likeness (QED) is 0.717. The van der Waals surface area contributed by atoms with E-state index >= 15 is 0 Å². The normalized spacial score (nSPS) is 9.77. The summed E-state index contributed by atoms with van der Waals surface area (Å²) in [5, 5.41) is 5.97. The molecule has 0 aromatic heterocycles. The maximum atomic E-state index is 12.1. The Kier molecular flexibility index (Phi) is 10.2. The summed E-state index contributed by atoms with van der Waals surface area (Å²) in [5.74, 6) is -0.117. The number of rotatable bonds is 8. The van der Waals surface area contributed by atoms with Crippen LogP contribution in [-0.4, -0.2) is 49.4 Å². The van der Waals surface area contributed by atoms with E-state index in [4.69, 9.17) is 0 Å². The molecule has 1 aromatic rings. The van der Waals surface area contributed by atoms with Crippen molar-refractivity contribution in [2.45, 2.75) is 20.8 Å². The van der Waals surface area contributed by atoms with Gasteiger partial charge in [-0.2, -0.15) is 0 Å². The highest BCUT2D eigenvalue weighted by molar-refractivity contribution is 5.97. The van der Waals surface area contributed by atoms with Crippen LogP contribution in [0.25, 0.3) is 0 Å². The number of nitrogens with zero attached hydrogens (tertiary/aromatic N) is 1. The summed E-state index contributed by atoms with van der Waals surface area (Å²) in [4.78, 5) is 25.8. The van der Waals surface area contributed by atoms with Crippen molar-refractivity contribution in [3.8, 4) is 0 Å². The van der Waals surface area contributed by atoms with E-state index in [1.807, 2.05) is 20.8 Å². The van der Waals surface area contributed by atoms with E-state index < -0.39 is 0 Å². The molecule has 0 aliphatic carbocycles. The minimum atomic E-state index is -0.116. The lowest BCUT2D eigenvalue weighted by Crippen LogP contribution is -2.32. The van der Waals surface area contributed by atoms with E-state index in [0.29, 0.717) is 30.8 Å². The van der Waals surface area contributed by atoms with Crippen LogP contribution < -0.4 is 10.6 Å². The summed E-state index contributed by atoms with van der Waals surface area (Å²) in [7, 11) is 0. The van der Waals surface area contributed by atoms with Gasteiger partial charge in [0.25, 0.3) is 11.8 Å². The number of halogens is 1. The van der Waals surface area contributed by atoms with Gasteiger partial charge in [-0.15, -0.1) is 12.4 Å². The van der Waals surface area contributed by atoms with Crippen LogP contribution in [0.15, 0.2) is 24.3 Å². The third kappa shape index (κ3) is 6.03. The van der Waals surface area contributed by atoms with Crippen molar-refractivity contribution in [1.82, 2.24) is 15.5 Å². The lowest BCUT2D eigenvalue weighted by atomic mass is 10.1. The Bertz CT molecular complexity index is 459.